The van der Waals surface area contributed by atoms with Crippen LogP contribution in [0.4, 0.5) is 0 Å². The first-order valence-corrected chi connectivity index (χ1v) is 6.00. The van der Waals surface area contributed by atoms with Gasteiger partial charge in [0.05, 0.1) is 5.41 Å². The highest BCUT2D eigenvalue weighted by Crippen LogP contribution is 2.50. The van der Waals surface area contributed by atoms with Crippen molar-refractivity contribution in [3.63, 3.8) is 0 Å². The fourth-order valence-corrected chi connectivity index (χ4v) is 2.33. The van der Waals surface area contributed by atoms with E-state index in [-0.39, 0.29) is 31.5 Å². The molecule has 2 N–H and O–H groups in total. The average Bonchev–Trinajstić information content (AvgIpc) is 2.38. The van der Waals surface area contributed by atoms with Crippen LogP contribution in [-0.4, -0.2) is 35.2 Å². The zero-order chi connectivity index (χ0) is 16.0. The Morgan fingerprint density at radius 3 is 1.75 bits per heavy atom. The molecule has 0 fully saturated rings. The Hall–Kier alpha value is -2.34. The van der Waals surface area contributed by atoms with E-state index in [0.717, 1.165) is 0 Å². The number of carbonyl (C=O) groups is 2. The second-order valence-corrected chi connectivity index (χ2v) is 5.06. The Morgan fingerprint density at radius 1 is 1.10 bits per heavy atom. The third-order valence-electron chi connectivity index (χ3n) is 3.87. The van der Waals surface area contributed by atoms with E-state index in [1.807, 2.05) is 0 Å². The molecule has 6 nitrogen and oxygen atoms in total. The van der Waals surface area contributed by atoms with Gasteiger partial charge in [0.2, 0.25) is 13.1 Å². The van der Waals surface area contributed by atoms with Gasteiger partial charge in [0.25, 0.3) is 0 Å². The molecule has 0 bridgehead atoms. The van der Waals surface area contributed by atoms with Crippen LogP contribution in [0.5, 0.6) is 0 Å². The number of nitrogens with zero attached hydrogens (tertiary/aromatic N) is 2. The van der Waals surface area contributed by atoms with E-state index >= 15 is 0 Å². The van der Waals surface area contributed by atoms with Crippen LogP contribution in [0, 0.1) is 24.0 Å². The largest absolute Gasteiger partial charge is 0.481 e. The van der Waals surface area contributed by atoms with E-state index in [9.17, 15) is 19.8 Å². The van der Waals surface area contributed by atoms with Crippen molar-refractivity contribution in [3.8, 4) is 0 Å². The zero-order valence-corrected chi connectivity index (χ0v) is 11.6. The highest BCUT2D eigenvalue weighted by Gasteiger charge is 2.54. The number of hydrogen-bond acceptors (Lipinski definition) is 2. The Bertz CT molecular complexity index is 476. The van der Waals surface area contributed by atoms with Crippen molar-refractivity contribution in [1.82, 2.24) is 0 Å². The number of carboxylic acid groups (broad SMARTS) is 2. The van der Waals surface area contributed by atoms with Crippen LogP contribution in [0.25, 0.3) is 9.69 Å². The quantitative estimate of drug-likeness (QED) is 0.527. The van der Waals surface area contributed by atoms with Gasteiger partial charge in [-0.25, -0.2) is 17.9 Å². The minimum absolute atomic E-state index is 0.0129. The molecule has 0 rings (SSSR count). The van der Waals surface area contributed by atoms with E-state index < -0.39 is 22.8 Å². The minimum atomic E-state index is -1.43. The fourth-order valence-electron chi connectivity index (χ4n) is 2.33. The van der Waals surface area contributed by atoms with Crippen molar-refractivity contribution < 1.29 is 19.8 Å². The lowest BCUT2D eigenvalue weighted by Gasteiger charge is -2.42. The maximum absolute atomic E-state index is 11.5. The first-order valence-electron chi connectivity index (χ1n) is 6.00. The minimum Gasteiger partial charge on any atom is -0.481 e. The molecule has 0 amide bonds. The van der Waals surface area contributed by atoms with E-state index in [2.05, 4.69) is 16.3 Å². The van der Waals surface area contributed by atoms with Crippen LogP contribution >= 0.6 is 0 Å². The maximum atomic E-state index is 11.5. The summed E-state index contributed by atoms with van der Waals surface area (Å²) in [5, 5.41) is 18.6. The smallest absolute Gasteiger partial charge is 0.331 e. The molecule has 0 aromatic carbocycles. The van der Waals surface area contributed by atoms with Crippen LogP contribution in [0.3, 0.4) is 0 Å². The van der Waals surface area contributed by atoms with E-state index in [0.29, 0.717) is 0 Å². The van der Waals surface area contributed by atoms with Crippen molar-refractivity contribution >= 4 is 11.9 Å². The average molecular weight is 278 g/mol. The van der Waals surface area contributed by atoms with Gasteiger partial charge in [0, 0.05) is 23.8 Å². The summed E-state index contributed by atoms with van der Waals surface area (Å²) in [6, 6.07) is 0. The Morgan fingerprint density at radius 2 is 1.50 bits per heavy atom. The SMILES string of the molecule is [C-]#[N+]CCC(CC[N+]#[C-])(C(=C)C(=O)O)C(C)(C)C(=O)O. The first kappa shape index (κ1) is 17.7. The predicted octanol–water partition coefficient (Wildman–Crippen LogP) is 2.34. The maximum Gasteiger partial charge on any atom is 0.331 e. The summed E-state index contributed by atoms with van der Waals surface area (Å²) in [5.74, 6) is -2.47. The predicted molar refractivity (Wildman–Crippen MR) is 72.8 cm³/mol. The number of rotatable bonds is 8. The molecular weight excluding hydrogens is 260 g/mol. The fraction of sp³-hybridized carbons (Fsp3) is 0.571. The molecule has 6 heteroatoms. The van der Waals surface area contributed by atoms with Gasteiger partial charge in [-0.15, -0.1) is 0 Å². The topological polar surface area (TPSA) is 83.3 Å². The van der Waals surface area contributed by atoms with Crippen molar-refractivity contribution in [1.29, 1.82) is 0 Å². The molecule has 0 saturated carbocycles. The lowest BCUT2D eigenvalue weighted by Crippen LogP contribution is -2.47. The molecule has 0 aromatic heterocycles. The Labute approximate surface area is 118 Å². The molecule has 0 aliphatic carbocycles. The van der Waals surface area contributed by atoms with E-state index in [4.69, 9.17) is 13.1 Å². The van der Waals surface area contributed by atoms with Crippen molar-refractivity contribution in [2.45, 2.75) is 26.7 Å². The van der Waals surface area contributed by atoms with Gasteiger partial charge in [-0.3, -0.25) is 4.79 Å². The third-order valence-corrected chi connectivity index (χ3v) is 3.87. The van der Waals surface area contributed by atoms with Crippen molar-refractivity contribution in [2.75, 3.05) is 13.1 Å². The molecule has 0 heterocycles. The molecule has 20 heavy (non-hydrogen) atoms. The molecule has 0 aliphatic rings. The molecular formula is C14H18N2O4. The van der Waals surface area contributed by atoms with Crippen molar-refractivity contribution in [2.24, 2.45) is 10.8 Å². The Kier molecular flexibility index (Phi) is 5.93. The normalized spacial score (nSPS) is 11.2. The summed E-state index contributed by atoms with van der Waals surface area (Å²) >= 11 is 0. The standard InChI is InChI=1S/C14H18N2O4/c1-10(11(17)18)14(6-8-15-4,7-9-16-5)13(2,3)12(19)20/h1,6-9H2,2-3H3,(H,17,18)(H,19,20). The highest BCUT2D eigenvalue weighted by atomic mass is 16.4. The third kappa shape index (κ3) is 3.16. The summed E-state index contributed by atoms with van der Waals surface area (Å²) in [5.41, 5.74) is -3.00. The van der Waals surface area contributed by atoms with Gasteiger partial charge in [0.15, 0.2) is 0 Å². The van der Waals surface area contributed by atoms with E-state index in [1.165, 1.54) is 13.8 Å². The first-order chi connectivity index (χ1) is 9.17. The number of aliphatic carboxylic acids is 2. The van der Waals surface area contributed by atoms with Gasteiger partial charge < -0.3 is 19.9 Å². The van der Waals surface area contributed by atoms with E-state index in [1.54, 1.807) is 0 Å². The second kappa shape index (κ2) is 6.72. The number of carboxylic acids is 2. The lowest BCUT2D eigenvalue weighted by atomic mass is 9.58. The molecule has 0 aromatic rings. The summed E-state index contributed by atoms with van der Waals surface area (Å²) in [4.78, 5) is 29.2. The van der Waals surface area contributed by atoms with Crippen LogP contribution in [0.15, 0.2) is 12.2 Å². The van der Waals surface area contributed by atoms with Crippen molar-refractivity contribution in [3.05, 3.63) is 35.0 Å². The van der Waals surface area contributed by atoms with Gasteiger partial charge in [-0.05, 0) is 13.8 Å². The molecule has 0 aliphatic heterocycles. The van der Waals surface area contributed by atoms with Gasteiger partial charge in [-0.2, -0.15) is 0 Å². The van der Waals surface area contributed by atoms with Gasteiger partial charge in [-0.1, -0.05) is 6.58 Å². The van der Waals surface area contributed by atoms with Crippen LogP contribution in [-0.2, 0) is 9.59 Å². The molecule has 0 spiro atoms. The highest BCUT2D eigenvalue weighted by molar-refractivity contribution is 5.90. The number of hydrogen-bond donors (Lipinski definition) is 2. The summed E-state index contributed by atoms with van der Waals surface area (Å²) in [7, 11) is 0. The van der Waals surface area contributed by atoms with Crippen LogP contribution < -0.4 is 0 Å². The van der Waals surface area contributed by atoms with Gasteiger partial charge >= 0.3 is 11.9 Å². The summed E-state index contributed by atoms with van der Waals surface area (Å²) < 4.78 is 0. The summed E-state index contributed by atoms with van der Waals surface area (Å²) in [6.07, 6.45) is 0.104. The molecule has 0 radical (unpaired) electrons. The second-order valence-electron chi connectivity index (χ2n) is 5.06. The molecule has 108 valence electrons. The molecule has 0 atom stereocenters. The van der Waals surface area contributed by atoms with Gasteiger partial charge in [0.1, 0.15) is 0 Å². The molecule has 0 unspecified atom stereocenters. The lowest BCUT2D eigenvalue weighted by molar-refractivity contribution is -0.155. The summed E-state index contributed by atoms with van der Waals surface area (Å²) in [6.45, 7) is 20.0. The van der Waals surface area contributed by atoms with Crippen LogP contribution in [0.2, 0.25) is 0 Å². The Balaban J connectivity index is 5.99. The zero-order valence-electron chi connectivity index (χ0n) is 11.6. The molecule has 0 saturated heterocycles. The van der Waals surface area contributed by atoms with Crippen LogP contribution in [0.1, 0.15) is 26.7 Å². The monoisotopic (exact) mass is 278 g/mol.